The van der Waals surface area contributed by atoms with Gasteiger partial charge in [0.2, 0.25) is 5.91 Å². The number of hydrogen-bond donors (Lipinski definition) is 1. The molecule has 2 aromatic rings. The predicted octanol–water partition coefficient (Wildman–Crippen LogP) is 3.45. The summed E-state index contributed by atoms with van der Waals surface area (Å²) in [6, 6.07) is 9.38. The van der Waals surface area contributed by atoms with E-state index in [4.69, 9.17) is 14.2 Å². The van der Waals surface area contributed by atoms with Gasteiger partial charge in [-0.25, -0.2) is 0 Å². The summed E-state index contributed by atoms with van der Waals surface area (Å²) in [6.07, 6.45) is 1.34. The third-order valence-corrected chi connectivity index (χ3v) is 5.50. The topological polar surface area (TPSA) is 56.8 Å². The summed E-state index contributed by atoms with van der Waals surface area (Å²) in [5.74, 6) is 1.25. The van der Waals surface area contributed by atoms with Crippen LogP contribution in [0.4, 0.5) is 5.69 Å². The Morgan fingerprint density at radius 3 is 2.62 bits per heavy atom. The van der Waals surface area contributed by atoms with Gasteiger partial charge in [-0.05, 0) is 36.4 Å². The average molecular weight is 347 g/mol. The number of rotatable bonds is 5. The molecule has 0 atom stereocenters. The van der Waals surface area contributed by atoms with Crippen molar-refractivity contribution in [2.75, 3.05) is 32.8 Å². The molecule has 0 unspecified atom stereocenters. The quantitative estimate of drug-likeness (QED) is 0.900. The number of amides is 1. The smallest absolute Gasteiger partial charge is 0.236 e. The lowest BCUT2D eigenvalue weighted by atomic mass is 9.78. The van der Waals surface area contributed by atoms with Gasteiger partial charge >= 0.3 is 0 Å². The van der Waals surface area contributed by atoms with Gasteiger partial charge < -0.3 is 19.5 Å². The Morgan fingerprint density at radius 2 is 2.00 bits per heavy atom. The molecule has 0 bridgehead atoms. The fourth-order valence-corrected chi connectivity index (χ4v) is 3.99. The Labute approximate surface area is 145 Å². The van der Waals surface area contributed by atoms with Crippen LogP contribution in [-0.4, -0.2) is 33.3 Å². The fraction of sp³-hybridized carbons (Fsp3) is 0.389. The van der Waals surface area contributed by atoms with E-state index in [9.17, 15) is 4.79 Å². The van der Waals surface area contributed by atoms with E-state index in [2.05, 4.69) is 5.32 Å². The third kappa shape index (κ3) is 3.12. The van der Waals surface area contributed by atoms with Crippen LogP contribution < -0.4 is 14.8 Å². The molecule has 1 aliphatic rings. The van der Waals surface area contributed by atoms with E-state index in [0.29, 0.717) is 43.2 Å². The van der Waals surface area contributed by atoms with Crippen molar-refractivity contribution >= 4 is 22.9 Å². The molecular formula is C18H21NO4S. The Morgan fingerprint density at radius 1 is 1.21 bits per heavy atom. The van der Waals surface area contributed by atoms with E-state index in [1.54, 1.807) is 43.8 Å². The standard InChI is InChI=1S/C18H21NO4S/c1-21-13-5-6-15(22-2)14(12-13)19-17(20)18(7-9-23-10-8-18)16-4-3-11-24-16/h3-6,11-12H,7-10H2,1-2H3,(H,19,20). The molecule has 1 saturated heterocycles. The Kier molecular flexibility index (Phi) is 5.06. The molecule has 1 aromatic heterocycles. The molecule has 2 heterocycles. The number of methoxy groups -OCH3 is 2. The summed E-state index contributed by atoms with van der Waals surface area (Å²) in [6.45, 7) is 1.17. The zero-order valence-corrected chi connectivity index (χ0v) is 14.7. The molecule has 5 nitrogen and oxygen atoms in total. The first-order valence-corrected chi connectivity index (χ1v) is 8.73. The Balaban J connectivity index is 1.92. The first kappa shape index (κ1) is 16.8. The maximum atomic E-state index is 13.2. The predicted molar refractivity (Wildman–Crippen MR) is 94.2 cm³/mol. The van der Waals surface area contributed by atoms with Gasteiger partial charge in [-0.15, -0.1) is 11.3 Å². The highest BCUT2D eigenvalue weighted by Crippen LogP contribution is 2.39. The number of benzene rings is 1. The highest BCUT2D eigenvalue weighted by atomic mass is 32.1. The second kappa shape index (κ2) is 7.23. The largest absolute Gasteiger partial charge is 0.497 e. The van der Waals surface area contributed by atoms with Crippen molar-refractivity contribution in [2.45, 2.75) is 18.3 Å². The highest BCUT2D eigenvalue weighted by molar-refractivity contribution is 7.10. The van der Waals surface area contributed by atoms with Gasteiger partial charge in [0.15, 0.2) is 0 Å². The van der Waals surface area contributed by atoms with Crippen molar-refractivity contribution in [1.82, 2.24) is 0 Å². The second-order valence-corrected chi connectivity index (χ2v) is 6.64. The van der Waals surface area contributed by atoms with Crippen LogP contribution in [0.5, 0.6) is 11.5 Å². The molecule has 1 aliphatic heterocycles. The fourth-order valence-electron chi connectivity index (χ4n) is 3.01. The van der Waals surface area contributed by atoms with Crippen LogP contribution in [0.2, 0.25) is 0 Å². The van der Waals surface area contributed by atoms with Crippen LogP contribution in [0.25, 0.3) is 0 Å². The van der Waals surface area contributed by atoms with E-state index >= 15 is 0 Å². The third-order valence-electron chi connectivity index (χ3n) is 4.43. The number of thiophene rings is 1. The van der Waals surface area contributed by atoms with E-state index in [1.807, 2.05) is 17.5 Å². The molecule has 0 radical (unpaired) electrons. The average Bonchev–Trinajstić information content (AvgIpc) is 3.17. The number of carbonyl (C=O) groups excluding carboxylic acids is 1. The summed E-state index contributed by atoms with van der Waals surface area (Å²) < 4.78 is 16.1. The minimum Gasteiger partial charge on any atom is -0.497 e. The maximum absolute atomic E-state index is 13.2. The van der Waals surface area contributed by atoms with E-state index < -0.39 is 5.41 Å². The monoisotopic (exact) mass is 347 g/mol. The number of anilines is 1. The van der Waals surface area contributed by atoms with E-state index in [-0.39, 0.29) is 5.91 Å². The molecule has 1 amide bonds. The van der Waals surface area contributed by atoms with Crippen molar-refractivity contribution < 1.29 is 19.0 Å². The first-order chi connectivity index (χ1) is 11.7. The number of hydrogen-bond acceptors (Lipinski definition) is 5. The van der Waals surface area contributed by atoms with Crippen LogP contribution in [-0.2, 0) is 14.9 Å². The minimum absolute atomic E-state index is 0.0280. The van der Waals surface area contributed by atoms with Gasteiger partial charge in [-0.2, -0.15) is 0 Å². The minimum atomic E-state index is -0.555. The van der Waals surface area contributed by atoms with Crippen molar-refractivity contribution in [1.29, 1.82) is 0 Å². The van der Waals surface area contributed by atoms with Crippen molar-refractivity contribution in [2.24, 2.45) is 0 Å². The molecule has 6 heteroatoms. The lowest BCUT2D eigenvalue weighted by Crippen LogP contribution is -2.44. The SMILES string of the molecule is COc1ccc(OC)c(NC(=O)C2(c3cccs3)CCOCC2)c1. The van der Waals surface area contributed by atoms with Crippen molar-refractivity contribution in [3.8, 4) is 11.5 Å². The molecular weight excluding hydrogens is 326 g/mol. The van der Waals surface area contributed by atoms with Gasteiger partial charge in [0.25, 0.3) is 0 Å². The first-order valence-electron chi connectivity index (χ1n) is 7.85. The zero-order chi connectivity index (χ0) is 17.0. The summed E-state index contributed by atoms with van der Waals surface area (Å²) in [7, 11) is 3.18. The molecule has 1 fully saturated rings. The second-order valence-electron chi connectivity index (χ2n) is 5.69. The van der Waals surface area contributed by atoms with Gasteiger partial charge in [0.1, 0.15) is 11.5 Å². The van der Waals surface area contributed by atoms with Crippen LogP contribution in [0.15, 0.2) is 35.7 Å². The van der Waals surface area contributed by atoms with Crippen molar-refractivity contribution in [3.05, 3.63) is 40.6 Å². The number of carbonyl (C=O) groups is 1. The molecule has 0 aliphatic carbocycles. The van der Waals surface area contributed by atoms with Gasteiger partial charge in [-0.3, -0.25) is 4.79 Å². The lowest BCUT2D eigenvalue weighted by molar-refractivity contribution is -0.125. The van der Waals surface area contributed by atoms with Gasteiger partial charge in [-0.1, -0.05) is 6.07 Å². The summed E-state index contributed by atoms with van der Waals surface area (Å²) in [4.78, 5) is 14.3. The Hall–Kier alpha value is -2.05. The molecule has 3 rings (SSSR count). The highest BCUT2D eigenvalue weighted by Gasteiger charge is 2.42. The van der Waals surface area contributed by atoms with Crippen LogP contribution in [0, 0.1) is 0 Å². The van der Waals surface area contributed by atoms with Crippen LogP contribution >= 0.6 is 11.3 Å². The lowest BCUT2D eigenvalue weighted by Gasteiger charge is -2.35. The molecule has 0 saturated carbocycles. The normalized spacial score (nSPS) is 16.4. The zero-order valence-electron chi connectivity index (χ0n) is 13.8. The summed E-state index contributed by atoms with van der Waals surface area (Å²) in [5.41, 5.74) is 0.0600. The van der Waals surface area contributed by atoms with Crippen molar-refractivity contribution in [3.63, 3.8) is 0 Å². The molecule has 24 heavy (non-hydrogen) atoms. The van der Waals surface area contributed by atoms with Gasteiger partial charge in [0.05, 0.1) is 25.3 Å². The van der Waals surface area contributed by atoms with E-state index in [0.717, 1.165) is 4.88 Å². The molecule has 1 N–H and O–H groups in total. The van der Waals surface area contributed by atoms with Crippen LogP contribution in [0.3, 0.4) is 0 Å². The maximum Gasteiger partial charge on any atom is 0.236 e. The van der Waals surface area contributed by atoms with Crippen LogP contribution in [0.1, 0.15) is 17.7 Å². The summed E-state index contributed by atoms with van der Waals surface area (Å²) in [5, 5.41) is 5.05. The molecule has 128 valence electrons. The number of ether oxygens (including phenoxy) is 3. The summed E-state index contributed by atoms with van der Waals surface area (Å²) >= 11 is 1.61. The van der Waals surface area contributed by atoms with Gasteiger partial charge in [0, 0.05) is 24.2 Å². The molecule has 0 spiro atoms. The number of nitrogens with one attached hydrogen (secondary N) is 1. The molecule has 1 aromatic carbocycles. The Bertz CT molecular complexity index is 693. The van der Waals surface area contributed by atoms with E-state index in [1.165, 1.54) is 0 Å².